The van der Waals surface area contributed by atoms with E-state index in [4.69, 9.17) is 4.74 Å². The molecular formula is C21H33NO. The minimum atomic E-state index is 0.873. The van der Waals surface area contributed by atoms with Gasteiger partial charge in [0.25, 0.3) is 0 Å². The van der Waals surface area contributed by atoms with Crippen molar-refractivity contribution in [3.63, 3.8) is 0 Å². The molecule has 0 radical (unpaired) electrons. The number of benzene rings is 1. The molecule has 0 N–H and O–H groups in total. The Bertz CT molecular complexity index is 494. The van der Waals surface area contributed by atoms with Gasteiger partial charge in [-0.3, -0.25) is 4.90 Å². The van der Waals surface area contributed by atoms with Crippen LogP contribution < -0.4 is 4.74 Å². The van der Waals surface area contributed by atoms with Gasteiger partial charge in [0.15, 0.2) is 0 Å². The third-order valence-electron chi connectivity index (χ3n) is 3.91. The second-order valence-electron chi connectivity index (χ2n) is 5.83. The van der Waals surface area contributed by atoms with Gasteiger partial charge in [-0.15, -0.1) is 5.92 Å². The van der Waals surface area contributed by atoms with Gasteiger partial charge in [-0.05, 0) is 43.6 Å². The van der Waals surface area contributed by atoms with Crippen LogP contribution in [-0.4, -0.2) is 31.1 Å². The van der Waals surface area contributed by atoms with E-state index in [1.165, 1.54) is 36.8 Å². The second kappa shape index (κ2) is 12.0. The smallest absolute Gasteiger partial charge is 0.127 e. The molecule has 0 bridgehead atoms. The molecule has 0 heterocycles. The summed E-state index contributed by atoms with van der Waals surface area (Å²) in [6.07, 6.45) is 5.92. The first-order valence-electron chi connectivity index (χ1n) is 9.22. The highest BCUT2D eigenvalue weighted by Gasteiger charge is 2.17. The first kappa shape index (κ1) is 19.6. The van der Waals surface area contributed by atoms with E-state index in [-0.39, 0.29) is 0 Å². The molecule has 0 atom stereocenters. The Morgan fingerprint density at radius 2 is 1.74 bits per heavy atom. The molecule has 0 aliphatic heterocycles. The fourth-order valence-electron chi connectivity index (χ4n) is 2.21. The van der Waals surface area contributed by atoms with Crippen LogP contribution in [0.3, 0.4) is 0 Å². The molecule has 0 spiro atoms. The van der Waals surface area contributed by atoms with E-state index in [0.717, 1.165) is 38.4 Å². The zero-order chi connectivity index (χ0) is 16.9. The van der Waals surface area contributed by atoms with E-state index in [9.17, 15) is 0 Å². The van der Waals surface area contributed by atoms with Gasteiger partial charge in [-0.1, -0.05) is 52.5 Å². The average Bonchev–Trinajstić information content (AvgIpc) is 3.26. The average molecular weight is 316 g/mol. The Balaban J connectivity index is 0.000000232. The van der Waals surface area contributed by atoms with Gasteiger partial charge < -0.3 is 4.74 Å². The molecule has 0 saturated carbocycles. The number of rotatable bonds is 9. The summed E-state index contributed by atoms with van der Waals surface area (Å²) in [7, 11) is 0. The van der Waals surface area contributed by atoms with Crippen molar-refractivity contribution in [3.05, 3.63) is 18.2 Å². The summed E-state index contributed by atoms with van der Waals surface area (Å²) in [4.78, 5) is 2.32. The van der Waals surface area contributed by atoms with Crippen LogP contribution in [0.4, 0.5) is 0 Å². The van der Waals surface area contributed by atoms with E-state index in [0.29, 0.717) is 0 Å². The van der Waals surface area contributed by atoms with Crippen molar-refractivity contribution >= 4 is 0 Å². The predicted octanol–water partition coefficient (Wildman–Crippen LogP) is 5.37. The van der Waals surface area contributed by atoms with Gasteiger partial charge in [0.2, 0.25) is 0 Å². The van der Waals surface area contributed by atoms with Crippen LogP contribution in [0, 0.1) is 11.8 Å². The largest absolute Gasteiger partial charge is 0.493 e. The first-order valence-corrected chi connectivity index (χ1v) is 9.22. The van der Waals surface area contributed by atoms with Crippen molar-refractivity contribution in [2.24, 2.45) is 0 Å². The molecule has 0 aromatic carbocycles. The van der Waals surface area contributed by atoms with Crippen molar-refractivity contribution in [2.45, 2.75) is 59.8 Å². The Morgan fingerprint density at radius 3 is 2.26 bits per heavy atom. The van der Waals surface area contributed by atoms with E-state index < -0.39 is 0 Å². The predicted molar refractivity (Wildman–Crippen MR) is 101 cm³/mol. The van der Waals surface area contributed by atoms with Gasteiger partial charge in [-0.25, -0.2) is 0 Å². The highest BCUT2D eigenvalue weighted by atomic mass is 16.5. The zero-order valence-corrected chi connectivity index (χ0v) is 15.5. The van der Waals surface area contributed by atoms with Gasteiger partial charge in [0.1, 0.15) is 5.75 Å². The monoisotopic (exact) mass is 315 g/mol. The van der Waals surface area contributed by atoms with E-state index in [2.05, 4.69) is 62.6 Å². The van der Waals surface area contributed by atoms with E-state index in [1.54, 1.807) is 0 Å². The maximum absolute atomic E-state index is 5.60. The van der Waals surface area contributed by atoms with Crippen molar-refractivity contribution in [1.29, 1.82) is 0 Å². The number of hydrogen-bond acceptors (Lipinski definition) is 2. The minimum Gasteiger partial charge on any atom is -0.493 e. The summed E-state index contributed by atoms with van der Waals surface area (Å²) in [6, 6.07) is 6.34. The number of nitrogens with zero attached hydrogens (tertiary/aromatic N) is 1. The van der Waals surface area contributed by atoms with Crippen molar-refractivity contribution < 1.29 is 4.74 Å². The summed E-state index contributed by atoms with van der Waals surface area (Å²) < 4.78 is 5.60. The molecule has 0 amide bonds. The Morgan fingerprint density at radius 1 is 0.957 bits per heavy atom. The van der Waals surface area contributed by atoms with Crippen LogP contribution in [0.5, 0.6) is 5.75 Å². The van der Waals surface area contributed by atoms with Crippen molar-refractivity contribution in [3.8, 4) is 28.7 Å². The molecule has 2 aliphatic carbocycles. The second-order valence-corrected chi connectivity index (χ2v) is 5.83. The molecule has 0 saturated heterocycles. The summed E-state index contributed by atoms with van der Waals surface area (Å²) in [5.74, 6) is 7.39. The maximum atomic E-state index is 5.60. The van der Waals surface area contributed by atoms with Crippen LogP contribution in [0.2, 0.25) is 0 Å². The van der Waals surface area contributed by atoms with E-state index >= 15 is 0 Å². The lowest BCUT2D eigenvalue weighted by molar-refractivity contribution is 0.309. The van der Waals surface area contributed by atoms with Gasteiger partial charge in [-0.2, -0.15) is 0 Å². The van der Waals surface area contributed by atoms with Crippen LogP contribution in [0.1, 0.15) is 59.8 Å². The third kappa shape index (κ3) is 8.09. The molecule has 0 fully saturated rings. The molecule has 0 aromatic heterocycles. The Kier molecular flexibility index (Phi) is 10.2. The van der Waals surface area contributed by atoms with Gasteiger partial charge in [0.05, 0.1) is 13.2 Å². The van der Waals surface area contributed by atoms with Crippen LogP contribution in [0.25, 0.3) is 11.1 Å². The first-order chi connectivity index (χ1) is 11.3. The lowest BCUT2D eigenvalue weighted by Gasteiger charge is -2.13. The van der Waals surface area contributed by atoms with E-state index in [1.807, 2.05) is 0 Å². The van der Waals surface area contributed by atoms with Crippen LogP contribution in [0.15, 0.2) is 18.2 Å². The molecule has 0 unspecified atom stereocenters. The highest BCUT2D eigenvalue weighted by molar-refractivity contribution is 5.87. The SMILES string of the molecule is CCCC#CCN(CC)CC.CCCCCOc1ccc2cc1-2. The number of ether oxygens (including phenoxy) is 1. The lowest BCUT2D eigenvalue weighted by Crippen LogP contribution is -2.22. The molecule has 2 aliphatic rings. The van der Waals surface area contributed by atoms with Crippen molar-refractivity contribution in [2.75, 3.05) is 26.2 Å². The molecule has 2 rings (SSSR count). The highest BCUT2D eigenvalue weighted by Crippen LogP contribution is 2.43. The standard InChI is InChI=1S/C11H14O.C10H19N/c1-2-3-4-7-12-11-6-5-9-8-10(9)11;1-4-7-8-9-10-11(5-2)6-3/h5-6,8H,2-4,7H2,1H3;4-7,10H2,1-3H3. The summed E-state index contributed by atoms with van der Waals surface area (Å²) >= 11 is 0. The topological polar surface area (TPSA) is 12.5 Å². The maximum Gasteiger partial charge on any atom is 0.127 e. The quantitative estimate of drug-likeness (QED) is 0.456. The number of unbranched alkanes of at least 4 members (excludes halogenated alkanes) is 3. The fourth-order valence-corrected chi connectivity index (χ4v) is 2.21. The number of hydrogen-bond donors (Lipinski definition) is 0. The van der Waals surface area contributed by atoms with Gasteiger partial charge >= 0.3 is 0 Å². The summed E-state index contributed by atoms with van der Waals surface area (Å²) in [6.45, 7) is 12.7. The lowest BCUT2D eigenvalue weighted by atomic mass is 10.3. The normalized spacial score (nSPS) is 10.5. The zero-order valence-electron chi connectivity index (χ0n) is 15.5. The van der Waals surface area contributed by atoms with Crippen LogP contribution in [-0.2, 0) is 0 Å². The summed E-state index contributed by atoms with van der Waals surface area (Å²) in [5.41, 5.74) is 2.69. The Labute approximate surface area is 143 Å². The molecule has 2 nitrogen and oxygen atoms in total. The fraction of sp³-hybridized carbons (Fsp3) is 0.619. The molecule has 128 valence electrons. The number of fused-ring (bicyclic) bond motifs is 1. The summed E-state index contributed by atoms with van der Waals surface area (Å²) in [5, 5.41) is 0. The Hall–Kier alpha value is -1.46. The van der Waals surface area contributed by atoms with Gasteiger partial charge in [0, 0.05) is 12.0 Å². The molecular weight excluding hydrogens is 282 g/mol. The third-order valence-corrected chi connectivity index (χ3v) is 3.91. The van der Waals surface area contributed by atoms with Crippen molar-refractivity contribution in [1.82, 2.24) is 4.90 Å². The molecule has 2 heteroatoms. The molecule has 23 heavy (non-hydrogen) atoms. The van der Waals surface area contributed by atoms with Crippen LogP contribution >= 0.6 is 0 Å². The molecule has 0 aromatic rings. The minimum absolute atomic E-state index is 0.873.